The zero-order valence-corrected chi connectivity index (χ0v) is 21.8. The highest BCUT2D eigenvalue weighted by Crippen LogP contribution is 2.33. The van der Waals surface area contributed by atoms with E-state index in [2.05, 4.69) is 10.1 Å². The van der Waals surface area contributed by atoms with E-state index in [9.17, 15) is 9.59 Å². The van der Waals surface area contributed by atoms with Gasteiger partial charge in [0.2, 0.25) is 4.96 Å². The summed E-state index contributed by atoms with van der Waals surface area (Å²) in [5.74, 6) is 1.15. The molecule has 0 amide bonds. The molecule has 3 heterocycles. The SMILES string of the molecule is COc1ccc(-c2nn(-c3ccccc3)cc2C=c2sc3nc(=O)c(-c4ccccc4)nn3c2=O)cc1OC. The van der Waals surface area contributed by atoms with Gasteiger partial charge in [-0.2, -0.15) is 19.7 Å². The zero-order valence-electron chi connectivity index (χ0n) is 20.9. The van der Waals surface area contributed by atoms with Gasteiger partial charge in [-0.1, -0.05) is 59.9 Å². The van der Waals surface area contributed by atoms with Gasteiger partial charge in [-0.3, -0.25) is 9.59 Å². The van der Waals surface area contributed by atoms with Gasteiger partial charge in [-0.05, 0) is 36.4 Å². The summed E-state index contributed by atoms with van der Waals surface area (Å²) in [6, 6.07) is 24.2. The number of hydrogen-bond acceptors (Lipinski definition) is 8. The number of para-hydroxylation sites is 1. The van der Waals surface area contributed by atoms with Crippen molar-refractivity contribution in [2.45, 2.75) is 0 Å². The zero-order chi connectivity index (χ0) is 26.9. The first kappa shape index (κ1) is 24.3. The van der Waals surface area contributed by atoms with Crippen molar-refractivity contribution in [1.29, 1.82) is 0 Å². The van der Waals surface area contributed by atoms with Gasteiger partial charge in [0.1, 0.15) is 5.69 Å². The van der Waals surface area contributed by atoms with Crippen LogP contribution in [0.5, 0.6) is 11.5 Å². The molecule has 0 saturated heterocycles. The fourth-order valence-corrected chi connectivity index (χ4v) is 5.14. The summed E-state index contributed by atoms with van der Waals surface area (Å²) in [5.41, 5.74) is 2.83. The first-order valence-electron chi connectivity index (χ1n) is 11.9. The molecule has 192 valence electrons. The van der Waals surface area contributed by atoms with Crippen LogP contribution < -0.4 is 25.1 Å². The quantitative estimate of drug-likeness (QED) is 0.321. The van der Waals surface area contributed by atoms with Crippen LogP contribution in [0, 0.1) is 0 Å². The van der Waals surface area contributed by atoms with Crippen molar-refractivity contribution in [3.8, 4) is 39.7 Å². The van der Waals surface area contributed by atoms with Crippen LogP contribution >= 0.6 is 11.3 Å². The highest BCUT2D eigenvalue weighted by atomic mass is 32.1. The number of ether oxygens (including phenoxy) is 2. The number of hydrogen-bond donors (Lipinski definition) is 0. The molecule has 0 spiro atoms. The predicted molar refractivity (Wildman–Crippen MR) is 150 cm³/mol. The number of fused-ring (bicyclic) bond motifs is 1. The Morgan fingerprint density at radius 1 is 0.795 bits per heavy atom. The molecule has 0 aliphatic carbocycles. The van der Waals surface area contributed by atoms with E-state index in [0.29, 0.717) is 32.9 Å². The number of aromatic nitrogens is 5. The van der Waals surface area contributed by atoms with Crippen molar-refractivity contribution < 1.29 is 9.47 Å². The molecule has 9 nitrogen and oxygen atoms in total. The van der Waals surface area contributed by atoms with Gasteiger partial charge < -0.3 is 9.47 Å². The third-order valence-electron chi connectivity index (χ3n) is 6.14. The first-order valence-corrected chi connectivity index (χ1v) is 12.8. The monoisotopic (exact) mass is 535 g/mol. The van der Waals surface area contributed by atoms with E-state index < -0.39 is 5.56 Å². The minimum absolute atomic E-state index is 0.123. The second kappa shape index (κ2) is 9.99. The highest BCUT2D eigenvalue weighted by molar-refractivity contribution is 7.15. The predicted octanol–water partition coefficient (Wildman–Crippen LogP) is 3.60. The molecular weight excluding hydrogens is 514 g/mol. The molecule has 3 aromatic carbocycles. The maximum atomic E-state index is 13.4. The molecule has 0 unspecified atom stereocenters. The van der Waals surface area contributed by atoms with E-state index in [0.717, 1.165) is 22.6 Å². The van der Waals surface area contributed by atoms with E-state index >= 15 is 0 Å². The lowest BCUT2D eigenvalue weighted by molar-refractivity contribution is 0.355. The second-order valence-electron chi connectivity index (χ2n) is 8.52. The van der Waals surface area contributed by atoms with Crippen molar-refractivity contribution in [2.75, 3.05) is 14.2 Å². The molecule has 6 rings (SSSR count). The molecule has 0 aliphatic rings. The average Bonchev–Trinajstić information content (AvgIpc) is 3.53. The lowest BCUT2D eigenvalue weighted by Crippen LogP contribution is -2.26. The Bertz CT molecular complexity index is 1980. The molecule has 0 fully saturated rings. The number of rotatable bonds is 6. The number of nitrogens with zero attached hydrogens (tertiary/aromatic N) is 5. The maximum Gasteiger partial charge on any atom is 0.300 e. The van der Waals surface area contributed by atoms with Gasteiger partial charge in [0, 0.05) is 22.9 Å². The van der Waals surface area contributed by atoms with E-state index in [4.69, 9.17) is 14.6 Å². The number of methoxy groups -OCH3 is 2. The van der Waals surface area contributed by atoms with Gasteiger partial charge in [-0.25, -0.2) is 4.68 Å². The Hall–Kier alpha value is -5.09. The smallest absolute Gasteiger partial charge is 0.300 e. The summed E-state index contributed by atoms with van der Waals surface area (Å²) < 4.78 is 14.2. The summed E-state index contributed by atoms with van der Waals surface area (Å²) in [4.78, 5) is 30.5. The lowest BCUT2D eigenvalue weighted by atomic mass is 10.1. The van der Waals surface area contributed by atoms with Gasteiger partial charge in [0.15, 0.2) is 17.2 Å². The van der Waals surface area contributed by atoms with Crippen LogP contribution in [0.25, 0.3) is 39.2 Å². The van der Waals surface area contributed by atoms with Crippen molar-refractivity contribution in [1.82, 2.24) is 24.4 Å². The molecule has 10 heteroatoms. The van der Waals surface area contributed by atoms with Gasteiger partial charge >= 0.3 is 5.56 Å². The summed E-state index contributed by atoms with van der Waals surface area (Å²) in [6.45, 7) is 0. The Labute approximate surface area is 225 Å². The molecule has 0 saturated carbocycles. The average molecular weight is 536 g/mol. The molecule has 39 heavy (non-hydrogen) atoms. The first-order chi connectivity index (χ1) is 19.1. The molecule has 3 aromatic heterocycles. The molecule has 0 aliphatic heterocycles. The minimum Gasteiger partial charge on any atom is -0.493 e. The van der Waals surface area contributed by atoms with E-state index in [1.165, 1.54) is 4.52 Å². The molecule has 0 radical (unpaired) electrons. The van der Waals surface area contributed by atoms with Gasteiger partial charge in [0.25, 0.3) is 5.56 Å². The Morgan fingerprint density at radius 3 is 2.23 bits per heavy atom. The number of benzene rings is 3. The van der Waals surface area contributed by atoms with Crippen molar-refractivity contribution in [3.63, 3.8) is 0 Å². The van der Waals surface area contributed by atoms with Crippen LogP contribution in [0.15, 0.2) is 94.6 Å². The summed E-state index contributed by atoms with van der Waals surface area (Å²) >= 11 is 1.10. The number of thiazole rings is 1. The Balaban J connectivity index is 1.55. The van der Waals surface area contributed by atoms with Crippen molar-refractivity contribution in [2.24, 2.45) is 0 Å². The molecular formula is C29H21N5O4S. The van der Waals surface area contributed by atoms with E-state index in [-0.39, 0.29) is 16.2 Å². The Morgan fingerprint density at radius 2 is 1.51 bits per heavy atom. The van der Waals surface area contributed by atoms with Crippen LogP contribution in [0.1, 0.15) is 5.56 Å². The minimum atomic E-state index is -0.489. The Kier molecular flexibility index (Phi) is 6.22. The maximum absolute atomic E-state index is 13.4. The molecule has 6 aromatic rings. The summed E-state index contributed by atoms with van der Waals surface area (Å²) in [7, 11) is 3.15. The fraction of sp³-hybridized carbons (Fsp3) is 0.0690. The molecule has 0 atom stereocenters. The van der Waals surface area contributed by atoms with E-state index in [1.807, 2.05) is 60.8 Å². The topological polar surface area (TPSA) is 101 Å². The highest BCUT2D eigenvalue weighted by Gasteiger charge is 2.16. The van der Waals surface area contributed by atoms with Crippen LogP contribution in [0.4, 0.5) is 0 Å². The largest absolute Gasteiger partial charge is 0.493 e. The third kappa shape index (κ3) is 4.47. The lowest BCUT2D eigenvalue weighted by Gasteiger charge is -2.09. The van der Waals surface area contributed by atoms with Crippen LogP contribution in [-0.4, -0.2) is 38.6 Å². The van der Waals surface area contributed by atoms with E-state index in [1.54, 1.807) is 49.2 Å². The molecule has 0 N–H and O–H groups in total. The molecule has 0 bridgehead atoms. The third-order valence-corrected chi connectivity index (χ3v) is 7.10. The normalized spacial score (nSPS) is 11.7. The standard InChI is InChI=1S/C29H21N5O4S/c1-37-22-14-13-19(15-23(22)38-2)25-20(17-33(31-25)21-11-7-4-8-12-21)16-24-28(36)34-29(39-24)30-27(35)26(32-34)18-9-5-3-6-10-18/h3-17H,1-2H3. The van der Waals surface area contributed by atoms with Crippen molar-refractivity contribution >= 4 is 22.4 Å². The van der Waals surface area contributed by atoms with Crippen molar-refractivity contribution in [3.05, 3.63) is 116 Å². The second-order valence-corrected chi connectivity index (χ2v) is 9.53. The van der Waals surface area contributed by atoms with Crippen LogP contribution in [0.2, 0.25) is 0 Å². The van der Waals surface area contributed by atoms with Gasteiger partial charge in [-0.15, -0.1) is 0 Å². The van der Waals surface area contributed by atoms with Gasteiger partial charge in [0.05, 0.1) is 24.4 Å². The fourth-order valence-electron chi connectivity index (χ4n) is 4.24. The van der Waals surface area contributed by atoms with Crippen LogP contribution in [0.3, 0.4) is 0 Å². The van der Waals surface area contributed by atoms with Crippen LogP contribution in [-0.2, 0) is 0 Å². The summed E-state index contributed by atoms with van der Waals surface area (Å²) in [5, 5.41) is 9.18. The summed E-state index contributed by atoms with van der Waals surface area (Å²) in [6.07, 6.45) is 3.60.